The molecule has 0 saturated carbocycles. The summed E-state index contributed by atoms with van der Waals surface area (Å²) < 4.78 is 9.59. The molecule has 1 N–H and O–H groups in total. The monoisotopic (exact) mass is 509 g/mol. The topological polar surface area (TPSA) is 55.4 Å². The summed E-state index contributed by atoms with van der Waals surface area (Å²) in [5.41, 5.74) is 3.45. The summed E-state index contributed by atoms with van der Waals surface area (Å²) in [4.78, 5) is 24.2. The van der Waals surface area contributed by atoms with Crippen molar-refractivity contribution in [3.63, 3.8) is 0 Å². The summed E-state index contributed by atoms with van der Waals surface area (Å²) in [5.74, 6) is -0.670. The maximum atomic E-state index is 12.9. The van der Waals surface area contributed by atoms with Gasteiger partial charge in [-0.05, 0) is 0 Å². The molecular weight excluding hydrogens is 481 g/mol. The molecular formula is C25H27NO3Sn. The summed E-state index contributed by atoms with van der Waals surface area (Å²) in [5, 5.41) is 2.57. The van der Waals surface area contributed by atoms with E-state index in [0.717, 1.165) is 27.4 Å². The molecule has 0 atom stereocenters. The zero-order chi connectivity index (χ0) is 21.7. The molecule has 0 heterocycles. The summed E-state index contributed by atoms with van der Waals surface area (Å²) in [6, 6.07) is 24.8. The van der Waals surface area contributed by atoms with E-state index < -0.39 is 24.8 Å². The van der Waals surface area contributed by atoms with E-state index in [1.54, 1.807) is 0 Å². The molecule has 4 nitrogen and oxygen atoms in total. The van der Waals surface area contributed by atoms with Crippen LogP contribution in [0, 0.1) is 20.8 Å². The molecule has 0 unspecified atom stereocenters. The second-order valence-corrected chi connectivity index (χ2v) is 17.1. The molecule has 30 heavy (non-hydrogen) atoms. The standard InChI is InChI=1S/3C7H7.C4H7NO3.Sn/c3*1-7-5-3-2-4-6-7;1-3(6)5-2-4(7)8;/h3*3-6H,1H3;2H2,1H3,(H,5,6)(H,7,8);/q;;;;+1/p-1. The summed E-state index contributed by atoms with van der Waals surface area (Å²) in [6.07, 6.45) is 0. The molecule has 3 rings (SSSR count). The molecule has 3 aromatic rings. The minimum absolute atomic E-state index is 0.141. The quantitative estimate of drug-likeness (QED) is 0.521. The van der Waals surface area contributed by atoms with Crippen molar-refractivity contribution in [3.8, 4) is 0 Å². The molecule has 0 aliphatic heterocycles. The zero-order valence-corrected chi connectivity index (χ0v) is 20.7. The van der Waals surface area contributed by atoms with E-state index in [1.807, 2.05) is 20.8 Å². The van der Waals surface area contributed by atoms with Gasteiger partial charge < -0.3 is 0 Å². The molecule has 0 fully saturated rings. The molecule has 0 radical (unpaired) electrons. The number of benzene rings is 3. The first-order valence-corrected chi connectivity index (χ1v) is 15.4. The number of carbonyl (C=O) groups excluding carboxylic acids is 2. The van der Waals surface area contributed by atoms with Crippen molar-refractivity contribution >= 4 is 41.4 Å². The Morgan fingerprint density at radius 2 is 1.03 bits per heavy atom. The van der Waals surface area contributed by atoms with Gasteiger partial charge in [-0.3, -0.25) is 0 Å². The first-order chi connectivity index (χ1) is 14.3. The normalized spacial score (nSPS) is 11.1. The van der Waals surface area contributed by atoms with Crippen molar-refractivity contribution < 1.29 is 12.7 Å². The Balaban J connectivity index is 2.22. The fourth-order valence-electron chi connectivity index (χ4n) is 3.45. The first-order valence-electron chi connectivity index (χ1n) is 9.99. The maximum absolute atomic E-state index is 12.9. The molecule has 0 aliphatic carbocycles. The van der Waals surface area contributed by atoms with Crippen molar-refractivity contribution in [2.75, 3.05) is 6.54 Å². The Kier molecular flexibility index (Phi) is 6.98. The van der Waals surface area contributed by atoms with Crippen LogP contribution in [0.3, 0.4) is 0 Å². The van der Waals surface area contributed by atoms with Crippen LogP contribution in [-0.2, 0) is 12.7 Å². The minimum atomic E-state index is -4.15. The van der Waals surface area contributed by atoms with Crippen LogP contribution < -0.4 is 16.1 Å². The SMILES string of the molecule is CC(=O)NCC(=O)[O][Sn]([c]1ccc(C)cc1)([c]1ccc(C)cc1)[c]1ccc(C)cc1. The number of nitrogens with one attached hydrogen (secondary N) is 1. The Morgan fingerprint density at radius 3 is 1.33 bits per heavy atom. The van der Waals surface area contributed by atoms with Crippen molar-refractivity contribution in [2.45, 2.75) is 27.7 Å². The predicted octanol–water partition coefficient (Wildman–Crippen LogP) is 2.26. The second kappa shape index (κ2) is 9.47. The average Bonchev–Trinajstić information content (AvgIpc) is 2.72. The number of aryl methyl sites for hydroxylation is 3. The number of hydrogen-bond acceptors (Lipinski definition) is 3. The Morgan fingerprint density at radius 1 is 0.700 bits per heavy atom. The van der Waals surface area contributed by atoms with Gasteiger partial charge in [-0.2, -0.15) is 0 Å². The molecule has 0 aliphatic rings. The van der Waals surface area contributed by atoms with E-state index in [4.69, 9.17) is 3.07 Å². The molecule has 0 bridgehead atoms. The van der Waals surface area contributed by atoms with E-state index >= 15 is 0 Å². The number of amides is 1. The van der Waals surface area contributed by atoms with Gasteiger partial charge in [0.05, 0.1) is 0 Å². The summed E-state index contributed by atoms with van der Waals surface area (Å²) >= 11 is -4.15. The number of hydrogen-bond donors (Lipinski definition) is 1. The van der Waals surface area contributed by atoms with Gasteiger partial charge >= 0.3 is 183 Å². The van der Waals surface area contributed by atoms with E-state index in [-0.39, 0.29) is 12.5 Å². The third-order valence-electron chi connectivity index (χ3n) is 5.12. The van der Waals surface area contributed by atoms with Crippen molar-refractivity contribution in [3.05, 3.63) is 89.5 Å². The van der Waals surface area contributed by atoms with Crippen LogP contribution in [0.2, 0.25) is 0 Å². The predicted molar refractivity (Wildman–Crippen MR) is 123 cm³/mol. The van der Waals surface area contributed by atoms with E-state index in [1.165, 1.54) is 6.92 Å². The van der Waals surface area contributed by atoms with Crippen LogP contribution >= 0.6 is 0 Å². The van der Waals surface area contributed by atoms with E-state index in [2.05, 4.69) is 78.1 Å². The van der Waals surface area contributed by atoms with Gasteiger partial charge in [0, 0.05) is 0 Å². The Hall–Kier alpha value is -2.60. The summed E-state index contributed by atoms with van der Waals surface area (Å²) in [6.45, 7) is 7.38. The van der Waals surface area contributed by atoms with Gasteiger partial charge in [-0.15, -0.1) is 0 Å². The average molecular weight is 508 g/mol. The zero-order valence-electron chi connectivity index (χ0n) is 17.9. The second-order valence-electron chi connectivity index (χ2n) is 7.66. The first kappa shape index (κ1) is 22.1. The fourth-order valence-corrected chi connectivity index (χ4v) is 13.9. The fraction of sp³-hybridized carbons (Fsp3) is 0.200. The molecule has 1 amide bonds. The van der Waals surface area contributed by atoms with Gasteiger partial charge in [-0.25, -0.2) is 0 Å². The van der Waals surface area contributed by atoms with Crippen molar-refractivity contribution in [2.24, 2.45) is 0 Å². The molecule has 0 aromatic heterocycles. The van der Waals surface area contributed by atoms with Crippen molar-refractivity contribution in [1.82, 2.24) is 5.32 Å². The molecule has 5 heteroatoms. The van der Waals surface area contributed by atoms with Gasteiger partial charge in [0.15, 0.2) is 0 Å². The van der Waals surface area contributed by atoms with Gasteiger partial charge in [0.1, 0.15) is 0 Å². The number of carbonyl (C=O) groups is 2. The van der Waals surface area contributed by atoms with Crippen molar-refractivity contribution in [1.29, 1.82) is 0 Å². The van der Waals surface area contributed by atoms with Crippen LogP contribution in [0.4, 0.5) is 0 Å². The van der Waals surface area contributed by atoms with Gasteiger partial charge in [0.2, 0.25) is 0 Å². The van der Waals surface area contributed by atoms with Crippen LogP contribution in [0.15, 0.2) is 72.8 Å². The van der Waals surface area contributed by atoms with E-state index in [0.29, 0.717) is 0 Å². The summed E-state index contributed by atoms with van der Waals surface area (Å²) in [7, 11) is 0. The van der Waals surface area contributed by atoms with Gasteiger partial charge in [-0.1, -0.05) is 0 Å². The Labute approximate surface area is 182 Å². The molecule has 154 valence electrons. The molecule has 0 saturated heterocycles. The van der Waals surface area contributed by atoms with Crippen LogP contribution in [0.5, 0.6) is 0 Å². The Bertz CT molecular complexity index is 915. The van der Waals surface area contributed by atoms with Gasteiger partial charge in [0.25, 0.3) is 0 Å². The van der Waals surface area contributed by atoms with Crippen LogP contribution in [0.1, 0.15) is 23.6 Å². The molecule has 0 spiro atoms. The third kappa shape index (κ3) is 4.93. The van der Waals surface area contributed by atoms with E-state index in [9.17, 15) is 9.59 Å². The van der Waals surface area contributed by atoms with Crippen LogP contribution in [0.25, 0.3) is 0 Å². The third-order valence-corrected chi connectivity index (χ3v) is 16.5. The number of rotatable bonds is 6. The van der Waals surface area contributed by atoms with Crippen LogP contribution in [-0.4, -0.2) is 37.2 Å². The molecule has 3 aromatic carbocycles.